The van der Waals surface area contributed by atoms with Gasteiger partial charge in [0.2, 0.25) is 11.8 Å². The van der Waals surface area contributed by atoms with Crippen molar-refractivity contribution in [2.75, 3.05) is 13.1 Å². The summed E-state index contributed by atoms with van der Waals surface area (Å²) in [6.07, 6.45) is 3.11. The van der Waals surface area contributed by atoms with Crippen molar-refractivity contribution in [2.24, 2.45) is 0 Å². The molecule has 0 fully saturated rings. The summed E-state index contributed by atoms with van der Waals surface area (Å²) in [5.41, 5.74) is 0. The molecule has 1 aromatic rings. The summed E-state index contributed by atoms with van der Waals surface area (Å²) >= 11 is 0. The lowest BCUT2D eigenvalue weighted by atomic mass is 10.3. The molecule has 0 aliphatic rings. The van der Waals surface area contributed by atoms with Crippen LogP contribution in [0.4, 0.5) is 0 Å². The second-order valence-corrected chi connectivity index (χ2v) is 3.07. The highest BCUT2D eigenvalue weighted by Gasteiger charge is 2.00. The van der Waals surface area contributed by atoms with E-state index in [1.54, 1.807) is 0 Å². The Labute approximate surface area is 78.7 Å². The molecule has 0 amide bonds. The first-order valence-electron chi connectivity index (χ1n) is 4.82. The van der Waals surface area contributed by atoms with Gasteiger partial charge in [-0.3, -0.25) is 0 Å². The first-order chi connectivity index (χ1) is 6.33. The maximum absolute atomic E-state index is 5.24. The summed E-state index contributed by atoms with van der Waals surface area (Å²) in [6.45, 7) is 6.08. The Balaban J connectivity index is 2.06. The van der Waals surface area contributed by atoms with E-state index in [1.165, 1.54) is 6.42 Å². The van der Waals surface area contributed by atoms with Gasteiger partial charge in [-0.05, 0) is 25.9 Å². The Bertz CT molecular complexity index is 235. The van der Waals surface area contributed by atoms with Gasteiger partial charge in [0, 0.05) is 13.3 Å². The molecule has 1 N–H and O–H groups in total. The van der Waals surface area contributed by atoms with Crippen molar-refractivity contribution in [3.05, 3.63) is 11.8 Å². The van der Waals surface area contributed by atoms with Gasteiger partial charge in [-0.25, -0.2) is 0 Å². The predicted molar refractivity (Wildman–Crippen MR) is 50.5 cm³/mol. The number of aryl methyl sites for hydroxylation is 2. The molecule has 0 spiro atoms. The number of hydrogen-bond donors (Lipinski definition) is 1. The number of aromatic nitrogens is 2. The van der Waals surface area contributed by atoms with Crippen LogP contribution in [-0.4, -0.2) is 23.3 Å². The minimum absolute atomic E-state index is 0.650. The molecule has 0 unspecified atom stereocenters. The van der Waals surface area contributed by atoms with Crippen LogP contribution in [-0.2, 0) is 6.42 Å². The lowest BCUT2D eigenvalue weighted by molar-refractivity contribution is 0.458. The van der Waals surface area contributed by atoms with Crippen LogP contribution in [0.2, 0.25) is 0 Å². The zero-order valence-electron chi connectivity index (χ0n) is 8.34. The molecule has 4 heteroatoms. The van der Waals surface area contributed by atoms with Gasteiger partial charge < -0.3 is 9.73 Å². The van der Waals surface area contributed by atoms with E-state index in [4.69, 9.17) is 4.42 Å². The monoisotopic (exact) mass is 183 g/mol. The Morgan fingerprint density at radius 1 is 1.31 bits per heavy atom. The standard InChI is InChI=1S/C9H17N3O/c1-3-6-10-7-4-5-9-12-11-8(2)13-9/h10H,3-7H2,1-2H3. The molecule has 4 nitrogen and oxygen atoms in total. The third-order valence-electron chi connectivity index (χ3n) is 1.74. The van der Waals surface area contributed by atoms with E-state index in [-0.39, 0.29) is 0 Å². The fraction of sp³-hybridized carbons (Fsp3) is 0.778. The van der Waals surface area contributed by atoms with Crippen LogP contribution >= 0.6 is 0 Å². The molecule has 0 atom stereocenters. The molecule has 0 bridgehead atoms. The minimum Gasteiger partial charge on any atom is -0.426 e. The topological polar surface area (TPSA) is 51.0 Å². The highest BCUT2D eigenvalue weighted by molar-refractivity contribution is 4.78. The Morgan fingerprint density at radius 2 is 2.15 bits per heavy atom. The first-order valence-corrected chi connectivity index (χ1v) is 4.82. The van der Waals surface area contributed by atoms with Crippen molar-refractivity contribution in [2.45, 2.75) is 33.1 Å². The van der Waals surface area contributed by atoms with Crippen molar-refractivity contribution >= 4 is 0 Å². The van der Waals surface area contributed by atoms with Crippen LogP contribution in [0.5, 0.6) is 0 Å². The molecule has 0 saturated carbocycles. The van der Waals surface area contributed by atoms with E-state index in [9.17, 15) is 0 Å². The van der Waals surface area contributed by atoms with Gasteiger partial charge >= 0.3 is 0 Å². The van der Waals surface area contributed by atoms with E-state index in [1.807, 2.05) is 6.92 Å². The molecule has 1 heterocycles. The van der Waals surface area contributed by atoms with Gasteiger partial charge in [0.25, 0.3) is 0 Å². The fourth-order valence-corrected chi connectivity index (χ4v) is 1.10. The molecule has 1 aromatic heterocycles. The Morgan fingerprint density at radius 3 is 2.77 bits per heavy atom. The average Bonchev–Trinajstić information content (AvgIpc) is 2.51. The summed E-state index contributed by atoms with van der Waals surface area (Å²) in [5, 5.41) is 11.0. The van der Waals surface area contributed by atoms with Crippen LogP contribution in [0.1, 0.15) is 31.5 Å². The second-order valence-electron chi connectivity index (χ2n) is 3.07. The van der Waals surface area contributed by atoms with E-state index < -0.39 is 0 Å². The first kappa shape index (κ1) is 10.2. The number of nitrogens with zero attached hydrogens (tertiary/aromatic N) is 2. The van der Waals surface area contributed by atoms with Crippen molar-refractivity contribution in [3.63, 3.8) is 0 Å². The van der Waals surface area contributed by atoms with Crippen LogP contribution in [0, 0.1) is 6.92 Å². The normalized spacial score (nSPS) is 10.6. The van der Waals surface area contributed by atoms with Crippen molar-refractivity contribution in [1.29, 1.82) is 0 Å². The predicted octanol–water partition coefficient (Wildman–Crippen LogP) is 1.31. The number of nitrogens with one attached hydrogen (secondary N) is 1. The minimum atomic E-state index is 0.650. The Kier molecular flexibility index (Phi) is 4.46. The van der Waals surface area contributed by atoms with Crippen LogP contribution in [0.25, 0.3) is 0 Å². The lowest BCUT2D eigenvalue weighted by Gasteiger charge is -1.99. The van der Waals surface area contributed by atoms with Crippen LogP contribution in [0.3, 0.4) is 0 Å². The third-order valence-corrected chi connectivity index (χ3v) is 1.74. The summed E-state index contributed by atoms with van der Waals surface area (Å²) < 4.78 is 5.24. The summed E-state index contributed by atoms with van der Waals surface area (Å²) in [7, 11) is 0. The number of hydrogen-bond acceptors (Lipinski definition) is 4. The smallest absolute Gasteiger partial charge is 0.216 e. The van der Waals surface area contributed by atoms with E-state index in [0.29, 0.717) is 5.89 Å². The maximum atomic E-state index is 5.24. The molecule has 1 rings (SSSR count). The van der Waals surface area contributed by atoms with Crippen LogP contribution in [0.15, 0.2) is 4.42 Å². The van der Waals surface area contributed by atoms with Gasteiger partial charge in [0.15, 0.2) is 0 Å². The zero-order valence-corrected chi connectivity index (χ0v) is 8.34. The molecule has 0 aromatic carbocycles. The fourth-order valence-electron chi connectivity index (χ4n) is 1.10. The Hall–Kier alpha value is -0.900. The molecule has 74 valence electrons. The van der Waals surface area contributed by atoms with Gasteiger partial charge in [0.05, 0.1) is 0 Å². The number of rotatable bonds is 6. The van der Waals surface area contributed by atoms with Crippen molar-refractivity contribution in [1.82, 2.24) is 15.5 Å². The van der Waals surface area contributed by atoms with E-state index in [2.05, 4.69) is 22.4 Å². The second kappa shape index (κ2) is 5.70. The summed E-state index contributed by atoms with van der Waals surface area (Å²) in [5.74, 6) is 1.40. The molecule has 13 heavy (non-hydrogen) atoms. The average molecular weight is 183 g/mol. The SMILES string of the molecule is CCCNCCCc1nnc(C)o1. The lowest BCUT2D eigenvalue weighted by Crippen LogP contribution is -2.16. The largest absolute Gasteiger partial charge is 0.426 e. The molecule has 0 radical (unpaired) electrons. The van der Waals surface area contributed by atoms with Crippen LogP contribution < -0.4 is 5.32 Å². The summed E-state index contributed by atoms with van der Waals surface area (Å²) in [4.78, 5) is 0. The van der Waals surface area contributed by atoms with Crippen molar-refractivity contribution < 1.29 is 4.42 Å². The quantitative estimate of drug-likeness (QED) is 0.675. The van der Waals surface area contributed by atoms with E-state index in [0.717, 1.165) is 31.8 Å². The molecular weight excluding hydrogens is 166 g/mol. The van der Waals surface area contributed by atoms with Gasteiger partial charge in [-0.1, -0.05) is 6.92 Å². The van der Waals surface area contributed by atoms with Crippen molar-refractivity contribution in [3.8, 4) is 0 Å². The summed E-state index contributed by atoms with van der Waals surface area (Å²) in [6, 6.07) is 0. The molecule has 0 aliphatic carbocycles. The highest BCUT2D eigenvalue weighted by Crippen LogP contribution is 2.00. The molecular formula is C9H17N3O. The zero-order chi connectivity index (χ0) is 9.52. The van der Waals surface area contributed by atoms with E-state index >= 15 is 0 Å². The molecule has 0 saturated heterocycles. The maximum Gasteiger partial charge on any atom is 0.216 e. The van der Waals surface area contributed by atoms with Gasteiger partial charge in [-0.15, -0.1) is 10.2 Å². The van der Waals surface area contributed by atoms with Gasteiger partial charge in [0.1, 0.15) is 0 Å². The highest BCUT2D eigenvalue weighted by atomic mass is 16.4. The molecule has 0 aliphatic heterocycles. The van der Waals surface area contributed by atoms with Gasteiger partial charge in [-0.2, -0.15) is 0 Å². The third kappa shape index (κ3) is 4.03.